The second-order valence-corrected chi connectivity index (χ2v) is 5.72. The van der Waals surface area contributed by atoms with E-state index in [2.05, 4.69) is 12.6 Å². The summed E-state index contributed by atoms with van der Waals surface area (Å²) in [5, 5.41) is 56.4. The Kier molecular flexibility index (Phi) is 10.9. The molecule has 23 heavy (non-hydrogen) atoms. The summed E-state index contributed by atoms with van der Waals surface area (Å²) < 4.78 is 5.05. The normalized spacial score (nSPS) is 18.1. The van der Waals surface area contributed by atoms with Crippen LogP contribution in [0.2, 0.25) is 0 Å². The number of nitrogens with zero attached hydrogens (tertiary/aromatic N) is 1. The van der Waals surface area contributed by atoms with E-state index < -0.39 is 35.8 Å². The minimum atomic E-state index is -2.65. The molecular formula is C13H27NO8S. The summed E-state index contributed by atoms with van der Waals surface area (Å²) in [4.78, 5) is 10.9. The van der Waals surface area contributed by atoms with Gasteiger partial charge in [-0.3, -0.25) is 4.79 Å². The van der Waals surface area contributed by atoms with E-state index >= 15 is 0 Å². The van der Waals surface area contributed by atoms with Crippen molar-refractivity contribution in [3.63, 3.8) is 0 Å². The monoisotopic (exact) mass is 357 g/mol. The van der Waals surface area contributed by atoms with E-state index in [0.717, 1.165) is 0 Å². The van der Waals surface area contributed by atoms with Crippen LogP contribution < -0.4 is 0 Å². The number of thiol groups is 1. The second kappa shape index (κ2) is 11.2. The SMILES string of the molecule is CCCN(CCOCCO)C(=O)C(O)(S)C(O)C(O)C(O)CO. The van der Waals surface area contributed by atoms with E-state index in [-0.39, 0.29) is 32.9 Å². The van der Waals surface area contributed by atoms with Gasteiger partial charge in [0, 0.05) is 13.1 Å². The van der Waals surface area contributed by atoms with E-state index in [1.807, 2.05) is 0 Å². The summed E-state index contributed by atoms with van der Waals surface area (Å²) in [5.74, 6) is -0.966. The lowest BCUT2D eigenvalue weighted by molar-refractivity contribution is -0.165. The summed E-state index contributed by atoms with van der Waals surface area (Å²) in [6.07, 6.45) is -5.24. The Balaban J connectivity index is 4.92. The number of aliphatic hydroxyl groups excluding tert-OH is 5. The van der Waals surface area contributed by atoms with Crippen molar-refractivity contribution in [2.45, 2.75) is 36.6 Å². The van der Waals surface area contributed by atoms with Crippen molar-refractivity contribution in [1.29, 1.82) is 0 Å². The fourth-order valence-corrected chi connectivity index (χ4v) is 2.14. The van der Waals surface area contributed by atoms with Gasteiger partial charge in [0.15, 0.2) is 0 Å². The summed E-state index contributed by atoms with van der Waals surface area (Å²) in [5.41, 5.74) is 0. The molecule has 0 bridgehead atoms. The summed E-state index contributed by atoms with van der Waals surface area (Å²) >= 11 is 3.73. The Morgan fingerprint density at radius 1 is 1.22 bits per heavy atom. The van der Waals surface area contributed by atoms with Crippen LogP contribution in [0.4, 0.5) is 0 Å². The molecule has 4 unspecified atom stereocenters. The highest BCUT2D eigenvalue weighted by Gasteiger charge is 2.47. The first-order chi connectivity index (χ1) is 10.7. The van der Waals surface area contributed by atoms with Crippen LogP contribution in [0.15, 0.2) is 0 Å². The van der Waals surface area contributed by atoms with Gasteiger partial charge in [-0.1, -0.05) is 6.92 Å². The topological polar surface area (TPSA) is 151 Å². The molecule has 0 rings (SSSR count). The molecule has 0 aliphatic rings. The van der Waals surface area contributed by atoms with E-state index in [9.17, 15) is 25.2 Å². The minimum Gasteiger partial charge on any atom is -0.394 e. The number of aliphatic hydroxyl groups is 6. The first kappa shape index (κ1) is 22.5. The maximum absolute atomic E-state index is 12.4. The lowest BCUT2D eigenvalue weighted by Gasteiger charge is -2.35. The third kappa shape index (κ3) is 6.89. The lowest BCUT2D eigenvalue weighted by atomic mass is 10.0. The molecule has 0 radical (unpaired) electrons. The zero-order valence-electron chi connectivity index (χ0n) is 13.1. The quantitative estimate of drug-likeness (QED) is 0.110. The average Bonchev–Trinajstić information content (AvgIpc) is 2.54. The van der Waals surface area contributed by atoms with E-state index in [0.29, 0.717) is 6.42 Å². The number of amides is 1. The standard InChI is InChI=1S/C13H27NO8S/c1-2-3-14(4-6-22-7-5-15)12(20)13(21,23)11(19)10(18)9(17)8-16/h9-11,15-19,21,23H,2-8H2,1H3. The Hall–Kier alpha value is -0.460. The van der Waals surface area contributed by atoms with Crippen LogP contribution in [-0.4, -0.2) is 104 Å². The molecule has 0 aromatic rings. The molecule has 0 aromatic carbocycles. The van der Waals surface area contributed by atoms with Crippen LogP contribution in [0.5, 0.6) is 0 Å². The molecule has 9 nitrogen and oxygen atoms in total. The van der Waals surface area contributed by atoms with Crippen molar-refractivity contribution in [1.82, 2.24) is 4.90 Å². The summed E-state index contributed by atoms with van der Waals surface area (Å²) in [6, 6.07) is 0. The fraction of sp³-hybridized carbons (Fsp3) is 0.923. The first-order valence-electron chi connectivity index (χ1n) is 7.31. The number of carbonyl (C=O) groups is 1. The number of rotatable bonds is 12. The highest BCUT2D eigenvalue weighted by Crippen LogP contribution is 2.23. The number of ether oxygens (including phenoxy) is 1. The molecule has 0 fully saturated rings. The van der Waals surface area contributed by atoms with Gasteiger partial charge in [-0.05, 0) is 6.42 Å². The predicted octanol–water partition coefficient (Wildman–Crippen LogP) is -3.07. The van der Waals surface area contributed by atoms with Gasteiger partial charge in [0.2, 0.25) is 4.93 Å². The highest BCUT2D eigenvalue weighted by atomic mass is 32.1. The van der Waals surface area contributed by atoms with Gasteiger partial charge < -0.3 is 40.3 Å². The maximum Gasteiger partial charge on any atom is 0.267 e. The molecule has 0 saturated heterocycles. The summed E-state index contributed by atoms with van der Waals surface area (Å²) in [6.45, 7) is 1.31. The van der Waals surface area contributed by atoms with Gasteiger partial charge in [0.05, 0.1) is 26.4 Å². The van der Waals surface area contributed by atoms with Crippen molar-refractivity contribution < 1.29 is 40.2 Å². The third-order valence-electron chi connectivity index (χ3n) is 3.15. The molecule has 0 aliphatic carbocycles. The zero-order chi connectivity index (χ0) is 18.0. The summed E-state index contributed by atoms with van der Waals surface area (Å²) in [7, 11) is 0. The predicted molar refractivity (Wildman–Crippen MR) is 83.8 cm³/mol. The van der Waals surface area contributed by atoms with Gasteiger partial charge in [0.25, 0.3) is 5.91 Å². The Morgan fingerprint density at radius 2 is 1.83 bits per heavy atom. The Morgan fingerprint density at radius 3 is 2.30 bits per heavy atom. The maximum atomic E-state index is 12.4. The molecule has 1 amide bonds. The lowest BCUT2D eigenvalue weighted by Crippen LogP contribution is -2.59. The second-order valence-electron chi connectivity index (χ2n) is 5.04. The molecule has 0 heterocycles. The van der Waals surface area contributed by atoms with E-state index in [1.54, 1.807) is 6.92 Å². The average molecular weight is 357 g/mol. The van der Waals surface area contributed by atoms with Crippen LogP contribution in [-0.2, 0) is 9.53 Å². The van der Waals surface area contributed by atoms with Crippen LogP contribution in [0.3, 0.4) is 0 Å². The van der Waals surface area contributed by atoms with E-state index in [4.69, 9.17) is 14.9 Å². The Labute approximate surface area is 140 Å². The molecule has 0 saturated carbocycles. The Bertz CT molecular complexity index is 344. The largest absolute Gasteiger partial charge is 0.394 e. The fourth-order valence-electron chi connectivity index (χ4n) is 1.84. The molecule has 0 spiro atoms. The van der Waals surface area contributed by atoms with Gasteiger partial charge in [0.1, 0.15) is 18.3 Å². The van der Waals surface area contributed by atoms with Crippen molar-refractivity contribution >= 4 is 18.5 Å². The zero-order valence-corrected chi connectivity index (χ0v) is 14.0. The van der Waals surface area contributed by atoms with Gasteiger partial charge in [-0.25, -0.2) is 0 Å². The van der Waals surface area contributed by atoms with Gasteiger partial charge >= 0.3 is 0 Å². The van der Waals surface area contributed by atoms with Gasteiger partial charge in [-0.15, -0.1) is 12.6 Å². The third-order valence-corrected chi connectivity index (χ3v) is 3.61. The van der Waals surface area contributed by atoms with Crippen LogP contribution >= 0.6 is 12.6 Å². The number of carbonyl (C=O) groups excluding carboxylic acids is 1. The number of hydrogen-bond acceptors (Lipinski definition) is 9. The molecule has 6 N–H and O–H groups in total. The molecule has 0 aliphatic heterocycles. The van der Waals surface area contributed by atoms with Crippen molar-refractivity contribution in [2.24, 2.45) is 0 Å². The molecule has 0 aromatic heterocycles. The molecular weight excluding hydrogens is 330 g/mol. The number of hydrogen-bond donors (Lipinski definition) is 7. The smallest absolute Gasteiger partial charge is 0.267 e. The van der Waals surface area contributed by atoms with Crippen LogP contribution in [0.25, 0.3) is 0 Å². The van der Waals surface area contributed by atoms with E-state index in [1.165, 1.54) is 4.90 Å². The first-order valence-corrected chi connectivity index (χ1v) is 7.76. The molecule has 10 heteroatoms. The van der Waals surface area contributed by atoms with Crippen molar-refractivity contribution in [2.75, 3.05) is 39.5 Å². The van der Waals surface area contributed by atoms with Crippen molar-refractivity contribution in [3.05, 3.63) is 0 Å². The van der Waals surface area contributed by atoms with Crippen LogP contribution in [0.1, 0.15) is 13.3 Å². The van der Waals surface area contributed by atoms with Gasteiger partial charge in [-0.2, -0.15) is 0 Å². The van der Waals surface area contributed by atoms with Crippen LogP contribution in [0, 0.1) is 0 Å². The molecule has 4 atom stereocenters. The minimum absolute atomic E-state index is 0.0842. The molecule has 138 valence electrons. The highest BCUT2D eigenvalue weighted by molar-refractivity contribution is 7.82. The van der Waals surface area contributed by atoms with Crippen molar-refractivity contribution in [3.8, 4) is 0 Å².